The van der Waals surface area contributed by atoms with Gasteiger partial charge in [-0.2, -0.15) is 17.9 Å². The normalized spacial score (nSPS) is 12.4. The number of alkyl halides is 3. The van der Waals surface area contributed by atoms with Crippen LogP contribution in [0.1, 0.15) is 6.92 Å². The van der Waals surface area contributed by atoms with E-state index in [0.29, 0.717) is 21.2 Å². The first-order valence-corrected chi connectivity index (χ1v) is 12.7. The average molecular weight is 549 g/mol. The molecule has 0 saturated heterocycles. The molecule has 3 aromatic heterocycles. The van der Waals surface area contributed by atoms with E-state index in [1.807, 2.05) is 0 Å². The summed E-state index contributed by atoms with van der Waals surface area (Å²) in [5, 5.41) is 4.73. The fourth-order valence-corrected chi connectivity index (χ4v) is 5.27. The lowest BCUT2D eigenvalue weighted by molar-refractivity contribution is -0.0328. The fourth-order valence-electron chi connectivity index (χ4n) is 3.15. The second-order valence-electron chi connectivity index (χ2n) is 6.94. The number of benzene rings is 1. The molecule has 4 aromatic rings. The topological polar surface area (TPSA) is 86.3 Å². The van der Waals surface area contributed by atoms with E-state index in [-0.39, 0.29) is 38.8 Å². The van der Waals surface area contributed by atoms with E-state index in [9.17, 15) is 26.4 Å². The molecule has 0 amide bonds. The van der Waals surface area contributed by atoms with Crippen LogP contribution in [0.2, 0.25) is 10.0 Å². The van der Waals surface area contributed by atoms with Gasteiger partial charge in [0.15, 0.2) is 21.3 Å². The van der Waals surface area contributed by atoms with E-state index in [4.69, 9.17) is 23.2 Å². The van der Waals surface area contributed by atoms with E-state index in [0.717, 1.165) is 21.3 Å². The molecule has 0 atom stereocenters. The lowest BCUT2D eigenvalue weighted by atomic mass is 10.1. The molecule has 34 heavy (non-hydrogen) atoms. The Morgan fingerprint density at radius 1 is 1.06 bits per heavy atom. The van der Waals surface area contributed by atoms with Crippen LogP contribution >= 0.6 is 35.0 Å². The first-order chi connectivity index (χ1) is 15.9. The highest BCUT2D eigenvalue weighted by molar-refractivity contribution is 8.00. The largest absolute Gasteiger partial charge is 0.446 e. The lowest BCUT2D eigenvalue weighted by Gasteiger charge is -2.11. The SMILES string of the molecule is CCS(=O)(=O)c1cc(-c2cc(Cl)cc(Cl)c2)cnc1-n1nc2ccc(SC(F)(F)F)cn2c1=O. The van der Waals surface area contributed by atoms with Gasteiger partial charge in [0.25, 0.3) is 0 Å². The Bertz CT molecular complexity index is 1560. The summed E-state index contributed by atoms with van der Waals surface area (Å²) < 4.78 is 65.6. The van der Waals surface area contributed by atoms with Gasteiger partial charge in [0, 0.05) is 32.9 Å². The Morgan fingerprint density at radius 2 is 1.74 bits per heavy atom. The Morgan fingerprint density at radius 3 is 2.35 bits per heavy atom. The van der Waals surface area contributed by atoms with Crippen molar-refractivity contribution in [3.05, 3.63) is 69.3 Å². The van der Waals surface area contributed by atoms with Crippen LogP contribution in [-0.4, -0.2) is 38.8 Å². The first-order valence-electron chi connectivity index (χ1n) is 9.45. The van der Waals surface area contributed by atoms with Crippen molar-refractivity contribution in [2.75, 3.05) is 5.75 Å². The number of hydrogen-bond acceptors (Lipinski definition) is 6. The van der Waals surface area contributed by atoms with E-state index in [2.05, 4.69) is 10.1 Å². The Hall–Kier alpha value is -2.54. The molecule has 0 saturated carbocycles. The second-order valence-corrected chi connectivity index (χ2v) is 11.2. The van der Waals surface area contributed by atoms with Gasteiger partial charge in [0.05, 0.1) is 5.75 Å². The van der Waals surface area contributed by atoms with Crippen molar-refractivity contribution in [1.82, 2.24) is 19.2 Å². The van der Waals surface area contributed by atoms with Crippen molar-refractivity contribution in [2.45, 2.75) is 22.2 Å². The van der Waals surface area contributed by atoms with Crippen LogP contribution < -0.4 is 5.69 Å². The molecule has 0 bridgehead atoms. The zero-order valence-corrected chi connectivity index (χ0v) is 20.2. The molecule has 0 aliphatic rings. The lowest BCUT2D eigenvalue weighted by Crippen LogP contribution is -2.23. The van der Waals surface area contributed by atoms with E-state index in [1.54, 1.807) is 12.1 Å². The Labute approximate surface area is 205 Å². The van der Waals surface area contributed by atoms with Gasteiger partial charge in [0.2, 0.25) is 0 Å². The third-order valence-corrected chi connectivity index (χ3v) is 7.54. The van der Waals surface area contributed by atoms with Crippen molar-refractivity contribution in [2.24, 2.45) is 0 Å². The van der Waals surface area contributed by atoms with Crippen LogP contribution in [0.5, 0.6) is 0 Å². The molecule has 0 aliphatic heterocycles. The maximum absolute atomic E-state index is 13.0. The van der Waals surface area contributed by atoms with Crippen molar-refractivity contribution >= 4 is 50.4 Å². The number of fused-ring (bicyclic) bond motifs is 1. The summed E-state index contributed by atoms with van der Waals surface area (Å²) in [6, 6.07) is 8.37. The minimum atomic E-state index is -4.55. The summed E-state index contributed by atoms with van der Waals surface area (Å²) in [6.07, 6.45) is 2.31. The number of hydrogen-bond donors (Lipinski definition) is 0. The van der Waals surface area contributed by atoms with Gasteiger partial charge in [-0.1, -0.05) is 30.1 Å². The predicted octanol–water partition coefficient (Wildman–Crippen LogP) is 5.26. The molecule has 0 fully saturated rings. The van der Waals surface area contributed by atoms with Crippen molar-refractivity contribution < 1.29 is 21.6 Å². The highest BCUT2D eigenvalue weighted by Crippen LogP contribution is 2.36. The third kappa shape index (κ3) is 4.95. The number of aromatic nitrogens is 4. The zero-order chi connectivity index (χ0) is 24.8. The Kier molecular flexibility index (Phi) is 6.44. The molecule has 178 valence electrons. The van der Waals surface area contributed by atoms with Gasteiger partial charge >= 0.3 is 11.2 Å². The van der Waals surface area contributed by atoms with Crippen molar-refractivity contribution in [1.29, 1.82) is 0 Å². The highest BCUT2D eigenvalue weighted by Gasteiger charge is 2.30. The third-order valence-electron chi connectivity index (χ3n) is 4.67. The maximum Gasteiger partial charge on any atom is 0.446 e. The van der Waals surface area contributed by atoms with Crippen LogP contribution in [-0.2, 0) is 9.84 Å². The van der Waals surface area contributed by atoms with Crippen LogP contribution in [0, 0.1) is 0 Å². The maximum atomic E-state index is 13.0. The molecule has 0 unspecified atom stereocenters. The number of thioether (sulfide) groups is 1. The Balaban J connectivity index is 1.91. The van der Waals surface area contributed by atoms with Gasteiger partial charge in [-0.3, -0.25) is 0 Å². The van der Waals surface area contributed by atoms with E-state index < -0.39 is 21.0 Å². The smallest absolute Gasteiger partial charge is 0.249 e. The summed E-state index contributed by atoms with van der Waals surface area (Å²) in [6.45, 7) is 1.43. The fraction of sp³-hybridized carbons (Fsp3) is 0.150. The average Bonchev–Trinajstić information content (AvgIpc) is 3.07. The molecule has 0 aliphatic carbocycles. The van der Waals surface area contributed by atoms with Crippen LogP contribution in [0.25, 0.3) is 22.6 Å². The van der Waals surface area contributed by atoms with Gasteiger partial charge in [-0.05, 0) is 53.7 Å². The number of rotatable bonds is 5. The summed E-state index contributed by atoms with van der Waals surface area (Å²) in [7, 11) is -3.90. The van der Waals surface area contributed by atoms with Gasteiger partial charge in [0.1, 0.15) is 4.90 Å². The molecular formula is C20H13Cl2F3N4O3S2. The molecule has 4 rings (SSSR count). The van der Waals surface area contributed by atoms with E-state index in [1.165, 1.54) is 31.3 Å². The quantitative estimate of drug-likeness (QED) is 0.316. The van der Waals surface area contributed by atoms with E-state index >= 15 is 0 Å². The number of sulfone groups is 1. The van der Waals surface area contributed by atoms with Crippen LogP contribution in [0.3, 0.4) is 0 Å². The summed E-state index contributed by atoms with van der Waals surface area (Å²) in [5.74, 6) is -0.576. The second kappa shape index (κ2) is 8.91. The predicted molar refractivity (Wildman–Crippen MR) is 124 cm³/mol. The molecule has 0 radical (unpaired) electrons. The summed E-state index contributed by atoms with van der Waals surface area (Å²) in [5.41, 5.74) is -4.53. The molecule has 1 aromatic carbocycles. The van der Waals surface area contributed by atoms with Crippen molar-refractivity contribution in [3.8, 4) is 16.9 Å². The molecule has 7 nitrogen and oxygen atoms in total. The van der Waals surface area contributed by atoms with Gasteiger partial charge < -0.3 is 0 Å². The minimum absolute atomic E-state index is 0.0175. The molecule has 14 heteroatoms. The first kappa shape index (κ1) is 24.6. The molecule has 0 N–H and O–H groups in total. The van der Waals surface area contributed by atoms with Crippen LogP contribution in [0.15, 0.2) is 63.4 Å². The highest BCUT2D eigenvalue weighted by atomic mass is 35.5. The zero-order valence-electron chi connectivity index (χ0n) is 17.0. The number of halogens is 5. The summed E-state index contributed by atoms with van der Waals surface area (Å²) in [4.78, 5) is 16.6. The summed E-state index contributed by atoms with van der Waals surface area (Å²) >= 11 is 11.7. The van der Waals surface area contributed by atoms with Gasteiger partial charge in [-0.25, -0.2) is 22.6 Å². The molecular weight excluding hydrogens is 536 g/mol. The minimum Gasteiger partial charge on any atom is -0.249 e. The van der Waals surface area contributed by atoms with Crippen LogP contribution in [0.4, 0.5) is 13.2 Å². The van der Waals surface area contributed by atoms with Crippen molar-refractivity contribution in [3.63, 3.8) is 0 Å². The molecule has 3 heterocycles. The number of pyridine rings is 2. The van der Waals surface area contributed by atoms with Gasteiger partial charge in [-0.15, -0.1) is 5.10 Å². The monoisotopic (exact) mass is 548 g/mol. The molecule has 0 spiro atoms. The number of nitrogens with zero attached hydrogens (tertiary/aromatic N) is 4. The standard InChI is InChI=1S/C20H13Cl2F3N4O3S2/c1-2-34(31,32)16-7-12(11-5-13(21)8-14(22)6-11)9-26-18(16)29-19(30)28-10-15(33-20(23,24)25)3-4-17(28)27-29/h3-10H,2H2,1H3.